The van der Waals surface area contributed by atoms with Gasteiger partial charge in [-0.2, -0.15) is 0 Å². The molecule has 0 saturated carbocycles. The van der Waals surface area contributed by atoms with Gasteiger partial charge in [-0.25, -0.2) is 0 Å². The molecule has 1 aliphatic carbocycles. The van der Waals surface area contributed by atoms with Crippen molar-refractivity contribution < 1.29 is 4.79 Å². The summed E-state index contributed by atoms with van der Waals surface area (Å²) in [6, 6.07) is 0. The Bertz CT molecular complexity index is 204. The zero-order chi connectivity index (χ0) is 8.48. The summed E-state index contributed by atoms with van der Waals surface area (Å²) in [6.07, 6.45) is 3.37. The molecular formula is C9H15NO. The fourth-order valence-electron chi connectivity index (χ4n) is 1.51. The molecule has 0 amide bonds. The topological polar surface area (TPSA) is 29.1 Å². The first-order chi connectivity index (χ1) is 5.03. The number of carbonyl (C=O) groups is 1. The van der Waals surface area contributed by atoms with E-state index < -0.39 is 0 Å². The Morgan fingerprint density at radius 1 is 1.45 bits per heavy atom. The van der Waals surface area contributed by atoms with Crippen LogP contribution in [0, 0.1) is 5.41 Å². The van der Waals surface area contributed by atoms with Crippen LogP contribution in [-0.2, 0) is 4.79 Å². The first kappa shape index (κ1) is 8.31. The number of ketones is 1. The van der Waals surface area contributed by atoms with Crippen molar-refractivity contribution in [1.82, 2.24) is 5.32 Å². The second-order valence-corrected chi connectivity index (χ2v) is 3.90. The second kappa shape index (κ2) is 2.68. The first-order valence-corrected chi connectivity index (χ1v) is 3.95. The third kappa shape index (κ3) is 2.07. The Hall–Kier alpha value is -0.790. The zero-order valence-corrected chi connectivity index (χ0v) is 7.40. The fourth-order valence-corrected chi connectivity index (χ4v) is 1.51. The third-order valence-electron chi connectivity index (χ3n) is 1.98. The van der Waals surface area contributed by atoms with E-state index >= 15 is 0 Å². The summed E-state index contributed by atoms with van der Waals surface area (Å²) in [4.78, 5) is 11.1. The van der Waals surface area contributed by atoms with Gasteiger partial charge < -0.3 is 5.32 Å². The van der Waals surface area contributed by atoms with E-state index in [4.69, 9.17) is 0 Å². The van der Waals surface area contributed by atoms with Gasteiger partial charge in [0, 0.05) is 25.2 Å². The molecule has 11 heavy (non-hydrogen) atoms. The van der Waals surface area contributed by atoms with Gasteiger partial charge in [-0.1, -0.05) is 13.8 Å². The van der Waals surface area contributed by atoms with Crippen LogP contribution in [0.5, 0.6) is 0 Å². The zero-order valence-electron chi connectivity index (χ0n) is 7.40. The van der Waals surface area contributed by atoms with Crippen LogP contribution in [0.1, 0.15) is 26.7 Å². The summed E-state index contributed by atoms with van der Waals surface area (Å²) in [5.41, 5.74) is 1.20. The highest BCUT2D eigenvalue weighted by Crippen LogP contribution is 2.32. The SMILES string of the molecule is CNC1=CC(=O)CC(C)(C)C1. The van der Waals surface area contributed by atoms with Gasteiger partial charge in [-0.3, -0.25) is 4.79 Å². The van der Waals surface area contributed by atoms with Gasteiger partial charge in [0.15, 0.2) is 5.78 Å². The molecule has 0 bridgehead atoms. The highest BCUT2D eigenvalue weighted by Gasteiger charge is 2.26. The molecule has 0 aliphatic heterocycles. The average molecular weight is 153 g/mol. The number of allylic oxidation sites excluding steroid dienone is 2. The minimum atomic E-state index is 0.143. The summed E-state index contributed by atoms with van der Waals surface area (Å²) in [5, 5.41) is 3.03. The molecule has 0 atom stereocenters. The molecular weight excluding hydrogens is 138 g/mol. The maximum absolute atomic E-state index is 11.1. The molecule has 0 unspecified atom stereocenters. The fraction of sp³-hybridized carbons (Fsp3) is 0.667. The monoisotopic (exact) mass is 153 g/mol. The Balaban J connectivity index is 2.78. The maximum atomic E-state index is 11.1. The lowest BCUT2D eigenvalue weighted by Crippen LogP contribution is -2.26. The molecule has 0 aromatic rings. The predicted molar refractivity (Wildman–Crippen MR) is 45.2 cm³/mol. The molecule has 0 aromatic heterocycles. The van der Waals surface area contributed by atoms with Gasteiger partial charge in [-0.15, -0.1) is 0 Å². The molecule has 2 nitrogen and oxygen atoms in total. The third-order valence-corrected chi connectivity index (χ3v) is 1.98. The number of rotatable bonds is 1. The molecule has 1 aliphatic rings. The molecule has 0 fully saturated rings. The van der Waals surface area contributed by atoms with E-state index in [1.54, 1.807) is 6.08 Å². The van der Waals surface area contributed by atoms with E-state index in [-0.39, 0.29) is 11.2 Å². The molecule has 0 radical (unpaired) electrons. The Morgan fingerprint density at radius 2 is 2.09 bits per heavy atom. The molecule has 0 aromatic carbocycles. The Kier molecular flexibility index (Phi) is 2.03. The van der Waals surface area contributed by atoms with Gasteiger partial charge >= 0.3 is 0 Å². The molecule has 0 saturated heterocycles. The molecule has 1 N–H and O–H groups in total. The average Bonchev–Trinajstić information content (AvgIpc) is 1.83. The normalized spacial score (nSPS) is 22.8. The van der Waals surface area contributed by atoms with Crippen molar-refractivity contribution in [3.8, 4) is 0 Å². The van der Waals surface area contributed by atoms with Crippen molar-refractivity contribution in [2.45, 2.75) is 26.7 Å². The minimum absolute atomic E-state index is 0.143. The summed E-state index contributed by atoms with van der Waals surface area (Å²) < 4.78 is 0. The van der Waals surface area contributed by atoms with Crippen molar-refractivity contribution >= 4 is 5.78 Å². The number of carbonyl (C=O) groups excluding carboxylic acids is 1. The van der Waals surface area contributed by atoms with Gasteiger partial charge in [0.2, 0.25) is 0 Å². The van der Waals surface area contributed by atoms with Crippen LogP contribution < -0.4 is 5.32 Å². The van der Waals surface area contributed by atoms with E-state index in [0.29, 0.717) is 6.42 Å². The number of hydrogen-bond acceptors (Lipinski definition) is 2. The summed E-state index contributed by atoms with van der Waals surface area (Å²) in [7, 11) is 1.86. The lowest BCUT2D eigenvalue weighted by atomic mass is 9.79. The smallest absolute Gasteiger partial charge is 0.157 e. The Morgan fingerprint density at radius 3 is 2.55 bits per heavy atom. The molecule has 62 valence electrons. The second-order valence-electron chi connectivity index (χ2n) is 3.90. The van der Waals surface area contributed by atoms with Crippen molar-refractivity contribution in [1.29, 1.82) is 0 Å². The van der Waals surface area contributed by atoms with E-state index in [1.807, 2.05) is 7.05 Å². The summed E-state index contributed by atoms with van der Waals surface area (Å²) in [5.74, 6) is 0.241. The van der Waals surface area contributed by atoms with Crippen LogP contribution in [0.2, 0.25) is 0 Å². The van der Waals surface area contributed by atoms with Gasteiger partial charge in [0.25, 0.3) is 0 Å². The van der Waals surface area contributed by atoms with Crippen molar-refractivity contribution in [2.75, 3.05) is 7.05 Å². The molecule has 0 spiro atoms. The first-order valence-electron chi connectivity index (χ1n) is 3.95. The van der Waals surface area contributed by atoms with Crippen LogP contribution in [0.15, 0.2) is 11.8 Å². The van der Waals surface area contributed by atoms with Crippen LogP contribution in [-0.4, -0.2) is 12.8 Å². The summed E-state index contributed by atoms with van der Waals surface area (Å²) >= 11 is 0. The highest BCUT2D eigenvalue weighted by molar-refractivity contribution is 5.91. The van der Waals surface area contributed by atoms with Gasteiger partial charge in [0.1, 0.15) is 0 Å². The van der Waals surface area contributed by atoms with Crippen LogP contribution in [0.3, 0.4) is 0 Å². The van der Waals surface area contributed by atoms with Crippen LogP contribution in [0.4, 0.5) is 0 Å². The predicted octanol–water partition coefficient (Wildman–Crippen LogP) is 1.48. The van der Waals surface area contributed by atoms with Crippen molar-refractivity contribution in [2.24, 2.45) is 5.41 Å². The van der Waals surface area contributed by atoms with E-state index in [2.05, 4.69) is 19.2 Å². The lowest BCUT2D eigenvalue weighted by molar-refractivity contribution is -0.117. The number of nitrogens with one attached hydrogen (secondary N) is 1. The van der Waals surface area contributed by atoms with E-state index in [9.17, 15) is 4.79 Å². The molecule has 2 heteroatoms. The molecule has 1 rings (SSSR count). The largest absolute Gasteiger partial charge is 0.391 e. The highest BCUT2D eigenvalue weighted by atomic mass is 16.1. The van der Waals surface area contributed by atoms with E-state index in [0.717, 1.165) is 12.1 Å². The number of hydrogen-bond donors (Lipinski definition) is 1. The van der Waals surface area contributed by atoms with Crippen LogP contribution >= 0.6 is 0 Å². The standard InChI is InChI=1S/C9H15NO/c1-9(2)5-7(10-3)4-8(11)6-9/h4,10H,5-6H2,1-3H3. The van der Waals surface area contributed by atoms with Gasteiger partial charge in [0.05, 0.1) is 0 Å². The lowest BCUT2D eigenvalue weighted by Gasteiger charge is -2.28. The molecule has 0 heterocycles. The minimum Gasteiger partial charge on any atom is -0.391 e. The van der Waals surface area contributed by atoms with Crippen molar-refractivity contribution in [3.63, 3.8) is 0 Å². The van der Waals surface area contributed by atoms with Crippen molar-refractivity contribution in [3.05, 3.63) is 11.8 Å². The Labute approximate surface area is 67.7 Å². The summed E-state index contributed by atoms with van der Waals surface area (Å²) in [6.45, 7) is 4.24. The maximum Gasteiger partial charge on any atom is 0.157 e. The van der Waals surface area contributed by atoms with Gasteiger partial charge in [-0.05, 0) is 11.8 Å². The van der Waals surface area contributed by atoms with E-state index in [1.165, 1.54) is 0 Å². The van der Waals surface area contributed by atoms with Crippen LogP contribution in [0.25, 0.3) is 0 Å². The quantitative estimate of drug-likeness (QED) is 0.618.